The highest BCUT2D eigenvalue weighted by Crippen LogP contribution is 2.28. The maximum absolute atomic E-state index is 5.90. The van der Waals surface area contributed by atoms with Crippen LogP contribution >= 0.6 is 0 Å². The summed E-state index contributed by atoms with van der Waals surface area (Å²) in [6.45, 7) is 4.13. The number of H-pyrrole nitrogens is 1. The number of nitrogen functional groups attached to an aromatic ring is 1. The van der Waals surface area contributed by atoms with Crippen molar-refractivity contribution in [2.24, 2.45) is 0 Å². The highest BCUT2D eigenvalue weighted by atomic mass is 15.4. The zero-order chi connectivity index (χ0) is 12.7. The Labute approximate surface area is 103 Å². The molecule has 3 aromatic heterocycles. The minimum atomic E-state index is 0.255. The first-order chi connectivity index (χ1) is 8.68. The SMILES string of the molecule is CC(C)c1nn(-c2cccnn2)c2n[nH]c(N)c12. The number of nitrogens with zero attached hydrogens (tertiary/aromatic N) is 5. The van der Waals surface area contributed by atoms with E-state index in [1.807, 2.05) is 6.07 Å². The van der Waals surface area contributed by atoms with Crippen molar-refractivity contribution in [2.75, 3.05) is 5.73 Å². The molecule has 0 radical (unpaired) electrons. The van der Waals surface area contributed by atoms with Gasteiger partial charge in [-0.15, -0.1) is 5.10 Å². The summed E-state index contributed by atoms with van der Waals surface area (Å²) in [6, 6.07) is 3.63. The summed E-state index contributed by atoms with van der Waals surface area (Å²) in [6.07, 6.45) is 1.62. The number of fused-ring (bicyclic) bond motifs is 1. The molecule has 0 amide bonds. The molecule has 3 rings (SSSR count). The van der Waals surface area contributed by atoms with Crippen LogP contribution in [-0.4, -0.2) is 30.2 Å². The molecular weight excluding hydrogens is 230 g/mol. The Morgan fingerprint density at radius 2 is 2.22 bits per heavy atom. The van der Waals surface area contributed by atoms with E-state index in [2.05, 4.69) is 39.3 Å². The quantitative estimate of drug-likeness (QED) is 0.705. The third kappa shape index (κ3) is 1.44. The van der Waals surface area contributed by atoms with Crippen LogP contribution in [-0.2, 0) is 0 Å². The monoisotopic (exact) mass is 243 g/mol. The minimum Gasteiger partial charge on any atom is -0.383 e. The van der Waals surface area contributed by atoms with E-state index in [4.69, 9.17) is 5.73 Å². The largest absolute Gasteiger partial charge is 0.383 e. The van der Waals surface area contributed by atoms with Crippen LogP contribution in [0.5, 0.6) is 0 Å². The fourth-order valence-corrected chi connectivity index (χ4v) is 1.93. The first kappa shape index (κ1) is 10.7. The second-order valence-corrected chi connectivity index (χ2v) is 4.37. The van der Waals surface area contributed by atoms with Crippen molar-refractivity contribution in [2.45, 2.75) is 19.8 Å². The van der Waals surface area contributed by atoms with Crippen LogP contribution < -0.4 is 5.73 Å². The standard InChI is InChI=1S/C11H13N7/c1-6(2)9-8-10(12)15-16-11(8)18(17-9)7-4-3-5-13-14-7/h3-6H,1-2H3,(H3,12,15,16). The predicted molar refractivity (Wildman–Crippen MR) is 67.3 cm³/mol. The smallest absolute Gasteiger partial charge is 0.188 e. The van der Waals surface area contributed by atoms with Gasteiger partial charge in [-0.3, -0.25) is 5.10 Å². The van der Waals surface area contributed by atoms with Crippen molar-refractivity contribution < 1.29 is 0 Å². The van der Waals surface area contributed by atoms with E-state index in [9.17, 15) is 0 Å². The summed E-state index contributed by atoms with van der Waals surface area (Å²) < 4.78 is 1.66. The molecule has 7 heteroatoms. The lowest BCUT2D eigenvalue weighted by Gasteiger charge is -2.00. The lowest BCUT2D eigenvalue weighted by atomic mass is 10.1. The number of anilines is 1. The summed E-state index contributed by atoms with van der Waals surface area (Å²) in [4.78, 5) is 0. The van der Waals surface area contributed by atoms with Crippen molar-refractivity contribution in [1.82, 2.24) is 30.2 Å². The topological polar surface area (TPSA) is 98.3 Å². The zero-order valence-electron chi connectivity index (χ0n) is 10.1. The Bertz CT molecular complexity index is 680. The molecule has 0 saturated carbocycles. The number of nitrogens with one attached hydrogen (secondary N) is 1. The summed E-state index contributed by atoms with van der Waals surface area (Å²) in [7, 11) is 0. The number of aromatic nitrogens is 6. The van der Waals surface area contributed by atoms with Crippen LogP contribution in [0.15, 0.2) is 18.3 Å². The predicted octanol–water partition coefficient (Wildman–Crippen LogP) is 1.24. The molecular formula is C11H13N7. The molecule has 0 unspecified atom stereocenters. The first-order valence-electron chi connectivity index (χ1n) is 5.69. The highest BCUT2D eigenvalue weighted by molar-refractivity contribution is 5.90. The number of rotatable bonds is 2. The Balaban J connectivity index is 2.31. The zero-order valence-corrected chi connectivity index (χ0v) is 10.1. The van der Waals surface area contributed by atoms with E-state index in [-0.39, 0.29) is 5.92 Å². The molecule has 0 fully saturated rings. The number of nitrogens with two attached hydrogens (primary N) is 1. The Kier molecular flexibility index (Phi) is 2.26. The van der Waals surface area contributed by atoms with Crippen molar-refractivity contribution in [1.29, 1.82) is 0 Å². The van der Waals surface area contributed by atoms with E-state index in [1.54, 1.807) is 16.9 Å². The maximum atomic E-state index is 5.90. The lowest BCUT2D eigenvalue weighted by Crippen LogP contribution is -2.02. The molecule has 0 saturated heterocycles. The average molecular weight is 243 g/mol. The van der Waals surface area contributed by atoms with Gasteiger partial charge in [0.05, 0.1) is 11.1 Å². The summed E-state index contributed by atoms with van der Waals surface area (Å²) in [5.41, 5.74) is 7.48. The second kappa shape index (κ2) is 3.80. The van der Waals surface area contributed by atoms with Crippen LogP contribution in [0, 0.1) is 0 Å². The molecule has 7 nitrogen and oxygen atoms in total. The van der Waals surface area contributed by atoms with E-state index in [0.29, 0.717) is 17.3 Å². The van der Waals surface area contributed by atoms with Crippen molar-refractivity contribution in [3.8, 4) is 5.82 Å². The van der Waals surface area contributed by atoms with Gasteiger partial charge in [-0.1, -0.05) is 13.8 Å². The van der Waals surface area contributed by atoms with E-state index < -0.39 is 0 Å². The van der Waals surface area contributed by atoms with Gasteiger partial charge in [0.25, 0.3) is 0 Å². The first-order valence-corrected chi connectivity index (χ1v) is 5.69. The van der Waals surface area contributed by atoms with Crippen LogP contribution in [0.3, 0.4) is 0 Å². The molecule has 3 N–H and O–H groups in total. The van der Waals surface area contributed by atoms with Gasteiger partial charge < -0.3 is 5.73 Å². The number of hydrogen-bond donors (Lipinski definition) is 2. The molecule has 0 aromatic carbocycles. The Hall–Kier alpha value is -2.44. The van der Waals surface area contributed by atoms with Gasteiger partial charge in [0.15, 0.2) is 11.5 Å². The Morgan fingerprint density at radius 3 is 2.89 bits per heavy atom. The molecule has 0 atom stereocenters. The van der Waals surface area contributed by atoms with Crippen LogP contribution in [0.1, 0.15) is 25.5 Å². The molecule has 0 aliphatic heterocycles. The second-order valence-electron chi connectivity index (χ2n) is 4.37. The number of hydrogen-bond acceptors (Lipinski definition) is 5. The highest BCUT2D eigenvalue weighted by Gasteiger charge is 2.19. The molecule has 3 aromatic rings. The molecule has 0 bridgehead atoms. The van der Waals surface area contributed by atoms with E-state index in [1.165, 1.54) is 0 Å². The van der Waals surface area contributed by atoms with Gasteiger partial charge in [0.2, 0.25) is 0 Å². The maximum Gasteiger partial charge on any atom is 0.188 e. The van der Waals surface area contributed by atoms with Gasteiger partial charge in [-0.2, -0.15) is 20.0 Å². The summed E-state index contributed by atoms with van der Waals surface area (Å²) >= 11 is 0. The molecule has 0 spiro atoms. The van der Waals surface area contributed by atoms with Crippen molar-refractivity contribution in [3.05, 3.63) is 24.0 Å². The van der Waals surface area contributed by atoms with Crippen LogP contribution in [0.4, 0.5) is 5.82 Å². The Morgan fingerprint density at radius 1 is 1.39 bits per heavy atom. The molecule has 18 heavy (non-hydrogen) atoms. The minimum absolute atomic E-state index is 0.255. The lowest BCUT2D eigenvalue weighted by molar-refractivity contribution is 0.752. The number of aromatic amines is 1. The fourth-order valence-electron chi connectivity index (χ4n) is 1.93. The molecule has 3 heterocycles. The van der Waals surface area contributed by atoms with Crippen molar-refractivity contribution in [3.63, 3.8) is 0 Å². The van der Waals surface area contributed by atoms with Gasteiger partial charge in [-0.05, 0) is 18.1 Å². The summed E-state index contributed by atoms with van der Waals surface area (Å²) in [5, 5.41) is 20.2. The molecule has 0 aliphatic carbocycles. The van der Waals surface area contributed by atoms with Gasteiger partial charge in [0, 0.05) is 6.20 Å². The van der Waals surface area contributed by atoms with E-state index in [0.717, 1.165) is 11.1 Å². The van der Waals surface area contributed by atoms with Gasteiger partial charge in [0.1, 0.15) is 5.82 Å². The average Bonchev–Trinajstić information content (AvgIpc) is 2.92. The van der Waals surface area contributed by atoms with Gasteiger partial charge in [-0.25, -0.2) is 0 Å². The van der Waals surface area contributed by atoms with Crippen molar-refractivity contribution >= 4 is 16.9 Å². The van der Waals surface area contributed by atoms with Crippen LogP contribution in [0.2, 0.25) is 0 Å². The third-order valence-electron chi connectivity index (χ3n) is 2.76. The fraction of sp³-hybridized carbons (Fsp3) is 0.273. The van der Waals surface area contributed by atoms with Crippen LogP contribution in [0.25, 0.3) is 16.9 Å². The molecule has 92 valence electrons. The third-order valence-corrected chi connectivity index (χ3v) is 2.76. The van der Waals surface area contributed by atoms with E-state index >= 15 is 0 Å². The normalized spacial score (nSPS) is 11.5. The molecule has 0 aliphatic rings. The summed E-state index contributed by atoms with van der Waals surface area (Å²) in [5.74, 6) is 1.41. The van der Waals surface area contributed by atoms with Gasteiger partial charge >= 0.3 is 0 Å².